The molecule has 2 aromatic carbocycles. The van der Waals surface area contributed by atoms with Crippen molar-refractivity contribution < 1.29 is 8.42 Å². The van der Waals surface area contributed by atoms with Gasteiger partial charge in [0.25, 0.3) is 0 Å². The van der Waals surface area contributed by atoms with Crippen LogP contribution in [0.4, 0.5) is 0 Å². The van der Waals surface area contributed by atoms with Crippen molar-refractivity contribution in [2.75, 3.05) is 6.54 Å². The number of benzene rings is 2. The number of aryl methyl sites for hydroxylation is 3. The monoisotopic (exact) mass is 399 g/mol. The Labute approximate surface area is 164 Å². The Hall–Kier alpha value is -2.09. The first kappa shape index (κ1) is 18.3. The zero-order valence-electron chi connectivity index (χ0n) is 15.5. The molecule has 0 N–H and O–H groups in total. The number of sulfonamides is 1. The van der Waals surface area contributed by atoms with Crippen LogP contribution >= 0.6 is 11.7 Å². The van der Waals surface area contributed by atoms with Gasteiger partial charge in [-0.15, -0.1) is 0 Å². The van der Waals surface area contributed by atoms with E-state index in [1.54, 1.807) is 10.5 Å². The minimum Gasteiger partial charge on any atom is -0.207 e. The van der Waals surface area contributed by atoms with Crippen LogP contribution in [-0.4, -0.2) is 28.0 Å². The molecule has 0 radical (unpaired) electrons. The standard InChI is InChI=1S/C20H21N3O2S2/c1-13-10-14(2)20(15(3)11-13)27(24,25)23-9-8-16-6-4-5-7-17(16)19(23)18-12-21-26-22-18/h4-7,10-12,19H,8-9H2,1-3H3. The molecule has 0 fully saturated rings. The van der Waals surface area contributed by atoms with Crippen LogP contribution in [0, 0.1) is 20.8 Å². The highest BCUT2D eigenvalue weighted by Crippen LogP contribution is 2.39. The van der Waals surface area contributed by atoms with Gasteiger partial charge in [0.1, 0.15) is 0 Å². The Bertz CT molecular complexity index is 1070. The van der Waals surface area contributed by atoms with Crippen LogP contribution in [0.1, 0.15) is 39.6 Å². The van der Waals surface area contributed by atoms with E-state index in [4.69, 9.17) is 0 Å². The number of hydrogen-bond donors (Lipinski definition) is 0. The average molecular weight is 400 g/mol. The zero-order valence-corrected chi connectivity index (χ0v) is 17.1. The summed E-state index contributed by atoms with van der Waals surface area (Å²) >= 11 is 1.10. The normalized spacial score (nSPS) is 17.7. The molecular weight excluding hydrogens is 378 g/mol. The maximum atomic E-state index is 13.7. The number of nitrogens with zero attached hydrogens (tertiary/aromatic N) is 3. The fraction of sp³-hybridized carbons (Fsp3) is 0.300. The molecule has 0 amide bonds. The van der Waals surface area contributed by atoms with Crippen molar-refractivity contribution in [1.29, 1.82) is 0 Å². The molecule has 7 heteroatoms. The Balaban J connectivity index is 1.90. The first-order valence-electron chi connectivity index (χ1n) is 8.84. The van der Waals surface area contributed by atoms with E-state index in [1.165, 1.54) is 5.56 Å². The van der Waals surface area contributed by atoms with E-state index in [0.717, 1.165) is 34.0 Å². The molecule has 0 spiro atoms. The average Bonchev–Trinajstić information content (AvgIpc) is 3.13. The number of hydrogen-bond acceptors (Lipinski definition) is 5. The lowest BCUT2D eigenvalue weighted by molar-refractivity contribution is 0.340. The summed E-state index contributed by atoms with van der Waals surface area (Å²) in [6.45, 7) is 6.14. The van der Waals surface area contributed by atoms with Gasteiger partial charge in [0.05, 0.1) is 34.6 Å². The van der Waals surface area contributed by atoms with Crippen molar-refractivity contribution in [3.05, 3.63) is 76.1 Å². The van der Waals surface area contributed by atoms with E-state index in [0.29, 0.717) is 23.6 Å². The predicted octanol–water partition coefficient (Wildman–Crippen LogP) is 3.80. The molecule has 27 heavy (non-hydrogen) atoms. The van der Waals surface area contributed by atoms with Crippen LogP contribution in [0.5, 0.6) is 0 Å². The van der Waals surface area contributed by atoms with Crippen LogP contribution in [0.25, 0.3) is 0 Å². The Kier molecular flexibility index (Phi) is 4.61. The van der Waals surface area contributed by atoms with E-state index in [-0.39, 0.29) is 0 Å². The molecule has 140 valence electrons. The molecule has 3 aromatic rings. The van der Waals surface area contributed by atoms with Crippen molar-refractivity contribution in [3.63, 3.8) is 0 Å². The van der Waals surface area contributed by atoms with Crippen LogP contribution in [0.2, 0.25) is 0 Å². The Morgan fingerprint density at radius 2 is 1.81 bits per heavy atom. The third-order valence-electron chi connectivity index (χ3n) is 5.07. The van der Waals surface area contributed by atoms with Gasteiger partial charge in [-0.05, 0) is 49.4 Å². The SMILES string of the molecule is Cc1cc(C)c(S(=O)(=O)N2CCc3ccccc3C2c2cnsn2)c(C)c1. The van der Waals surface area contributed by atoms with E-state index in [1.807, 2.05) is 51.1 Å². The van der Waals surface area contributed by atoms with Gasteiger partial charge in [0, 0.05) is 6.54 Å². The van der Waals surface area contributed by atoms with Gasteiger partial charge in [0.2, 0.25) is 10.0 Å². The van der Waals surface area contributed by atoms with Crippen molar-refractivity contribution in [3.8, 4) is 0 Å². The summed E-state index contributed by atoms with van der Waals surface area (Å²) in [7, 11) is -3.69. The maximum Gasteiger partial charge on any atom is 0.244 e. The second-order valence-corrected chi connectivity index (χ2v) is 9.41. The molecule has 0 saturated heterocycles. The molecular formula is C20H21N3O2S2. The number of rotatable bonds is 3. The second kappa shape index (κ2) is 6.82. The summed E-state index contributed by atoms with van der Waals surface area (Å²) in [5.41, 5.74) is 5.45. The van der Waals surface area contributed by atoms with Gasteiger partial charge in [-0.3, -0.25) is 0 Å². The van der Waals surface area contributed by atoms with Crippen LogP contribution in [-0.2, 0) is 16.4 Å². The Morgan fingerprint density at radius 3 is 2.48 bits per heavy atom. The largest absolute Gasteiger partial charge is 0.244 e. The zero-order chi connectivity index (χ0) is 19.2. The molecule has 0 saturated carbocycles. The van der Waals surface area contributed by atoms with Gasteiger partial charge in [-0.25, -0.2) is 8.42 Å². The fourth-order valence-corrected chi connectivity index (χ4v) is 6.53. The van der Waals surface area contributed by atoms with Gasteiger partial charge >= 0.3 is 0 Å². The summed E-state index contributed by atoms with van der Waals surface area (Å²) in [5, 5.41) is 0. The molecule has 2 heterocycles. The minimum absolute atomic E-state index is 0.403. The highest BCUT2D eigenvalue weighted by atomic mass is 32.2. The van der Waals surface area contributed by atoms with Gasteiger partial charge in [0.15, 0.2) is 0 Å². The van der Waals surface area contributed by atoms with Crippen molar-refractivity contribution in [2.24, 2.45) is 0 Å². The first-order chi connectivity index (χ1) is 12.9. The van der Waals surface area contributed by atoms with Crippen LogP contribution in [0.15, 0.2) is 47.5 Å². The number of aromatic nitrogens is 2. The predicted molar refractivity (Wildman–Crippen MR) is 106 cm³/mol. The fourth-order valence-electron chi connectivity index (χ4n) is 4.09. The van der Waals surface area contributed by atoms with Gasteiger partial charge in [-0.2, -0.15) is 13.1 Å². The summed E-state index contributed by atoms with van der Waals surface area (Å²) in [6, 6.07) is 11.4. The van der Waals surface area contributed by atoms with Crippen molar-refractivity contribution in [2.45, 2.75) is 38.1 Å². The molecule has 0 bridgehead atoms. The quantitative estimate of drug-likeness (QED) is 0.672. The van der Waals surface area contributed by atoms with E-state index in [2.05, 4.69) is 14.8 Å². The number of fused-ring (bicyclic) bond motifs is 1. The molecule has 1 aliphatic rings. The summed E-state index contributed by atoms with van der Waals surface area (Å²) in [5.74, 6) is 0. The Morgan fingerprint density at radius 1 is 1.11 bits per heavy atom. The minimum atomic E-state index is -3.69. The van der Waals surface area contributed by atoms with Crippen molar-refractivity contribution in [1.82, 2.24) is 13.1 Å². The smallest absolute Gasteiger partial charge is 0.207 e. The lowest BCUT2D eigenvalue weighted by Gasteiger charge is -2.36. The van der Waals surface area contributed by atoms with E-state index in [9.17, 15) is 8.42 Å². The second-order valence-electron chi connectivity index (χ2n) is 7.03. The summed E-state index contributed by atoms with van der Waals surface area (Å²) in [6.07, 6.45) is 2.36. The molecule has 1 unspecified atom stereocenters. The third-order valence-corrected chi connectivity index (χ3v) is 7.73. The molecule has 1 aromatic heterocycles. The molecule has 1 atom stereocenters. The highest BCUT2D eigenvalue weighted by molar-refractivity contribution is 7.89. The lowest BCUT2D eigenvalue weighted by atomic mass is 9.93. The highest BCUT2D eigenvalue weighted by Gasteiger charge is 2.39. The first-order valence-corrected chi connectivity index (χ1v) is 11.0. The van der Waals surface area contributed by atoms with Crippen LogP contribution < -0.4 is 0 Å². The topological polar surface area (TPSA) is 63.2 Å². The van der Waals surface area contributed by atoms with Crippen molar-refractivity contribution >= 4 is 21.8 Å². The third kappa shape index (κ3) is 3.09. The van der Waals surface area contributed by atoms with Gasteiger partial charge < -0.3 is 0 Å². The maximum absolute atomic E-state index is 13.7. The molecule has 5 nitrogen and oxygen atoms in total. The molecule has 0 aliphatic carbocycles. The summed E-state index contributed by atoms with van der Waals surface area (Å²) in [4.78, 5) is 0.403. The summed E-state index contributed by atoms with van der Waals surface area (Å²) < 4.78 is 37.6. The van der Waals surface area contributed by atoms with Gasteiger partial charge in [-0.1, -0.05) is 42.0 Å². The molecule has 1 aliphatic heterocycles. The lowest BCUT2D eigenvalue weighted by Crippen LogP contribution is -2.41. The van der Waals surface area contributed by atoms with E-state index < -0.39 is 16.1 Å². The van der Waals surface area contributed by atoms with Crippen LogP contribution in [0.3, 0.4) is 0 Å². The van der Waals surface area contributed by atoms with E-state index >= 15 is 0 Å². The molecule has 4 rings (SSSR count).